The Morgan fingerprint density at radius 1 is 1.25 bits per heavy atom. The van der Waals surface area contributed by atoms with Gasteiger partial charge < -0.3 is 14.7 Å². The summed E-state index contributed by atoms with van der Waals surface area (Å²) < 4.78 is 9.40. The monoisotopic (exact) mass is 329 g/mol. The first-order chi connectivity index (χ1) is 11.7. The summed E-state index contributed by atoms with van der Waals surface area (Å²) in [7, 11) is 1.84. The van der Waals surface area contributed by atoms with Crippen LogP contribution in [0, 0.1) is 0 Å². The zero-order valence-corrected chi connectivity index (χ0v) is 13.6. The zero-order valence-electron chi connectivity index (χ0n) is 13.6. The van der Waals surface area contributed by atoms with Gasteiger partial charge in [0.2, 0.25) is 0 Å². The fourth-order valence-electron chi connectivity index (χ4n) is 3.00. The van der Waals surface area contributed by atoms with Gasteiger partial charge in [-0.3, -0.25) is 9.36 Å². The van der Waals surface area contributed by atoms with E-state index in [0.29, 0.717) is 18.8 Å². The average Bonchev–Trinajstić information content (AvgIpc) is 3.28. The first-order valence-corrected chi connectivity index (χ1v) is 7.90. The van der Waals surface area contributed by atoms with Crippen molar-refractivity contribution in [3.05, 3.63) is 24.9 Å². The number of aryl methyl sites for hydroxylation is 2. The van der Waals surface area contributed by atoms with Crippen molar-refractivity contribution in [2.45, 2.75) is 25.7 Å². The number of nitrogens with zero attached hydrogens (tertiary/aromatic N) is 7. The van der Waals surface area contributed by atoms with E-state index in [0.717, 1.165) is 23.4 Å². The lowest BCUT2D eigenvalue weighted by atomic mass is 10.3. The van der Waals surface area contributed by atoms with Gasteiger partial charge in [0.1, 0.15) is 24.4 Å². The molecule has 24 heavy (non-hydrogen) atoms. The molecule has 126 valence electrons. The van der Waals surface area contributed by atoms with E-state index in [1.54, 1.807) is 21.8 Å². The van der Waals surface area contributed by atoms with Gasteiger partial charge in [-0.2, -0.15) is 10.2 Å². The topological polar surface area (TPSA) is 94.1 Å². The Kier molecular flexibility index (Phi) is 3.57. The van der Waals surface area contributed by atoms with Crippen molar-refractivity contribution in [3.8, 4) is 5.75 Å². The predicted octanol–water partition coefficient (Wildman–Crippen LogP) is 0.208. The van der Waals surface area contributed by atoms with E-state index in [-0.39, 0.29) is 6.10 Å². The van der Waals surface area contributed by atoms with Crippen LogP contribution in [0.2, 0.25) is 0 Å². The van der Waals surface area contributed by atoms with Crippen molar-refractivity contribution < 1.29 is 9.84 Å². The van der Waals surface area contributed by atoms with Crippen LogP contribution in [0.4, 0.5) is 5.82 Å². The molecule has 1 N–H and O–H groups in total. The summed E-state index contributed by atoms with van der Waals surface area (Å²) in [5, 5.41) is 19.6. The molecule has 0 aliphatic carbocycles. The molecule has 4 rings (SSSR count). The molecule has 2 atom stereocenters. The molecular weight excluding hydrogens is 310 g/mol. The standard InChI is InChI=1S/C15H19N7O2/c1-3-22-6-10(4-19-22)24-13-8-21(7-12(13)23)15-11-5-18-20(2)14(11)16-9-17-15/h4-6,9,12-13,23H,3,7-8H2,1-2H3/t12-,13-/m1/s1. The lowest BCUT2D eigenvalue weighted by Gasteiger charge is -2.17. The van der Waals surface area contributed by atoms with Gasteiger partial charge in [-0.1, -0.05) is 0 Å². The molecule has 9 heteroatoms. The highest BCUT2D eigenvalue weighted by Crippen LogP contribution is 2.27. The van der Waals surface area contributed by atoms with E-state index < -0.39 is 6.10 Å². The van der Waals surface area contributed by atoms with Crippen LogP contribution in [0.3, 0.4) is 0 Å². The second-order valence-electron chi connectivity index (χ2n) is 5.86. The van der Waals surface area contributed by atoms with Crippen LogP contribution in [-0.4, -0.2) is 59.9 Å². The Bertz CT molecular complexity index is 859. The molecule has 0 aromatic carbocycles. The van der Waals surface area contributed by atoms with Gasteiger partial charge in [0, 0.05) is 20.1 Å². The van der Waals surface area contributed by atoms with Gasteiger partial charge in [0.05, 0.1) is 30.5 Å². The van der Waals surface area contributed by atoms with E-state index >= 15 is 0 Å². The summed E-state index contributed by atoms with van der Waals surface area (Å²) in [4.78, 5) is 10.6. The highest BCUT2D eigenvalue weighted by molar-refractivity contribution is 5.86. The predicted molar refractivity (Wildman–Crippen MR) is 86.8 cm³/mol. The Morgan fingerprint density at radius 2 is 2.12 bits per heavy atom. The minimum absolute atomic E-state index is 0.332. The van der Waals surface area contributed by atoms with Gasteiger partial charge in [0.25, 0.3) is 0 Å². The molecule has 1 fully saturated rings. The number of ether oxygens (including phenoxy) is 1. The van der Waals surface area contributed by atoms with E-state index in [4.69, 9.17) is 4.74 Å². The van der Waals surface area contributed by atoms with Gasteiger partial charge in [-0.15, -0.1) is 0 Å². The molecule has 0 saturated carbocycles. The summed E-state index contributed by atoms with van der Waals surface area (Å²) in [6.07, 6.45) is 5.84. The van der Waals surface area contributed by atoms with E-state index in [9.17, 15) is 5.11 Å². The lowest BCUT2D eigenvalue weighted by molar-refractivity contribution is 0.0737. The summed E-state index contributed by atoms with van der Waals surface area (Å²) in [5.41, 5.74) is 0.767. The molecule has 3 aromatic heterocycles. The zero-order chi connectivity index (χ0) is 16.7. The van der Waals surface area contributed by atoms with Crippen molar-refractivity contribution in [1.29, 1.82) is 0 Å². The number of fused-ring (bicyclic) bond motifs is 1. The number of rotatable bonds is 4. The van der Waals surface area contributed by atoms with Crippen LogP contribution in [0.1, 0.15) is 6.92 Å². The summed E-state index contributed by atoms with van der Waals surface area (Å²) in [5.74, 6) is 1.43. The van der Waals surface area contributed by atoms with Crippen LogP contribution in [-0.2, 0) is 13.6 Å². The van der Waals surface area contributed by atoms with Crippen molar-refractivity contribution in [2.24, 2.45) is 7.05 Å². The Morgan fingerprint density at radius 3 is 2.92 bits per heavy atom. The maximum Gasteiger partial charge on any atom is 0.163 e. The molecule has 9 nitrogen and oxygen atoms in total. The quantitative estimate of drug-likeness (QED) is 0.731. The van der Waals surface area contributed by atoms with Gasteiger partial charge in [-0.05, 0) is 6.92 Å². The molecule has 0 radical (unpaired) electrons. The SMILES string of the molecule is CCn1cc(O[C@@H]2CN(c3ncnc4c3cnn4C)C[C@H]2O)cn1. The Labute approximate surface area is 138 Å². The molecule has 3 aromatic rings. The van der Waals surface area contributed by atoms with Crippen LogP contribution >= 0.6 is 0 Å². The van der Waals surface area contributed by atoms with Crippen LogP contribution in [0.15, 0.2) is 24.9 Å². The molecule has 1 aliphatic rings. The van der Waals surface area contributed by atoms with Gasteiger partial charge >= 0.3 is 0 Å². The third kappa shape index (κ3) is 2.46. The van der Waals surface area contributed by atoms with E-state index in [1.165, 1.54) is 6.33 Å². The molecule has 0 bridgehead atoms. The van der Waals surface area contributed by atoms with Crippen molar-refractivity contribution in [3.63, 3.8) is 0 Å². The number of anilines is 1. The second-order valence-corrected chi connectivity index (χ2v) is 5.86. The first kappa shape index (κ1) is 14.9. The number of hydrogen-bond donors (Lipinski definition) is 1. The summed E-state index contributed by atoms with van der Waals surface area (Å²) in [6, 6.07) is 0. The fraction of sp³-hybridized carbons (Fsp3) is 0.467. The van der Waals surface area contributed by atoms with Crippen molar-refractivity contribution >= 4 is 16.9 Å². The number of aromatic nitrogens is 6. The normalized spacial score (nSPS) is 20.9. The molecule has 0 amide bonds. The first-order valence-electron chi connectivity index (χ1n) is 7.90. The maximum atomic E-state index is 10.4. The third-order valence-electron chi connectivity index (χ3n) is 4.27. The fourth-order valence-corrected chi connectivity index (χ4v) is 3.00. The van der Waals surface area contributed by atoms with E-state index in [2.05, 4.69) is 20.2 Å². The van der Waals surface area contributed by atoms with Crippen molar-refractivity contribution in [2.75, 3.05) is 18.0 Å². The average molecular weight is 329 g/mol. The van der Waals surface area contributed by atoms with Crippen LogP contribution in [0.5, 0.6) is 5.75 Å². The second kappa shape index (κ2) is 5.75. The minimum Gasteiger partial charge on any atom is -0.482 e. The molecular formula is C15H19N7O2. The lowest BCUT2D eigenvalue weighted by Crippen LogP contribution is -2.29. The summed E-state index contributed by atoms with van der Waals surface area (Å²) >= 11 is 0. The smallest absolute Gasteiger partial charge is 0.163 e. The molecule has 1 saturated heterocycles. The number of aliphatic hydroxyl groups is 1. The Balaban J connectivity index is 1.55. The van der Waals surface area contributed by atoms with Crippen LogP contribution in [0.25, 0.3) is 11.0 Å². The van der Waals surface area contributed by atoms with Crippen molar-refractivity contribution in [1.82, 2.24) is 29.5 Å². The molecule has 0 spiro atoms. The molecule has 1 aliphatic heterocycles. The highest BCUT2D eigenvalue weighted by atomic mass is 16.5. The third-order valence-corrected chi connectivity index (χ3v) is 4.27. The summed E-state index contributed by atoms with van der Waals surface area (Å²) in [6.45, 7) is 3.78. The highest BCUT2D eigenvalue weighted by Gasteiger charge is 2.35. The largest absolute Gasteiger partial charge is 0.482 e. The van der Waals surface area contributed by atoms with Gasteiger partial charge in [0.15, 0.2) is 11.4 Å². The number of β-amino-alcohol motifs (C(OH)–C–C–N with tert-alkyl or cyclic N) is 1. The number of aliphatic hydroxyl groups excluding tert-OH is 1. The minimum atomic E-state index is -0.600. The van der Waals surface area contributed by atoms with Crippen LogP contribution < -0.4 is 9.64 Å². The Hall–Kier alpha value is -2.68. The molecule has 4 heterocycles. The molecule has 0 unspecified atom stereocenters. The maximum absolute atomic E-state index is 10.4. The van der Waals surface area contributed by atoms with Gasteiger partial charge in [-0.25, -0.2) is 9.97 Å². The van der Waals surface area contributed by atoms with E-state index in [1.807, 2.05) is 25.1 Å². The number of hydrogen-bond acceptors (Lipinski definition) is 7.